The van der Waals surface area contributed by atoms with Crippen LogP contribution in [0.5, 0.6) is 5.75 Å². The molecule has 4 nitrogen and oxygen atoms in total. The van der Waals surface area contributed by atoms with E-state index in [2.05, 4.69) is 54.6 Å². The molecule has 0 saturated heterocycles. The molecular weight excluding hydrogens is 372 g/mol. The third kappa shape index (κ3) is 5.24. The van der Waals surface area contributed by atoms with Crippen LogP contribution in [-0.4, -0.2) is 24.5 Å². The maximum Gasteiger partial charge on any atom is 0.220 e. The minimum absolute atomic E-state index is 0.0309. The molecule has 1 atom stereocenters. The number of H-pyrrole nitrogens is 1. The number of unbranched alkanes of at least 4 members (excludes halogenated alkanes) is 3. The van der Waals surface area contributed by atoms with Gasteiger partial charge in [0.15, 0.2) is 0 Å². The van der Waals surface area contributed by atoms with Crippen LogP contribution in [0.1, 0.15) is 68.6 Å². The van der Waals surface area contributed by atoms with Crippen molar-refractivity contribution in [2.45, 2.75) is 58.3 Å². The number of aromatic amines is 1. The second-order valence-corrected chi connectivity index (χ2v) is 7.88. The SMILES string of the molecule is CCCCCCNC(=O)C[C@H](c1cccc(OC)c1)c1c[nH]c2c(CC)cccc12. The number of hydrogen-bond donors (Lipinski definition) is 2. The summed E-state index contributed by atoms with van der Waals surface area (Å²) in [5.41, 5.74) is 4.72. The highest BCUT2D eigenvalue weighted by Gasteiger charge is 2.22. The molecule has 0 aliphatic heterocycles. The summed E-state index contributed by atoms with van der Waals surface area (Å²) in [7, 11) is 1.68. The van der Waals surface area contributed by atoms with Crippen molar-refractivity contribution in [2.75, 3.05) is 13.7 Å². The van der Waals surface area contributed by atoms with Crippen LogP contribution in [0.15, 0.2) is 48.7 Å². The number of hydrogen-bond acceptors (Lipinski definition) is 2. The molecule has 0 unspecified atom stereocenters. The van der Waals surface area contributed by atoms with E-state index in [-0.39, 0.29) is 11.8 Å². The normalized spacial score (nSPS) is 12.1. The van der Waals surface area contributed by atoms with E-state index in [1.165, 1.54) is 35.7 Å². The van der Waals surface area contributed by atoms with Crippen molar-refractivity contribution in [3.8, 4) is 5.75 Å². The fourth-order valence-corrected chi connectivity index (χ4v) is 4.12. The first-order valence-corrected chi connectivity index (χ1v) is 11.2. The van der Waals surface area contributed by atoms with Crippen molar-refractivity contribution < 1.29 is 9.53 Å². The number of aromatic nitrogens is 1. The molecule has 0 bridgehead atoms. The molecule has 4 heteroatoms. The largest absolute Gasteiger partial charge is 0.497 e. The standard InChI is InChI=1S/C26H34N2O2/c1-4-6-7-8-15-27-25(29)17-23(20-12-9-13-21(16-20)30-3)24-18-28-26-19(5-2)11-10-14-22(24)26/h9-14,16,18,23,28H,4-8,15,17H2,1-3H3,(H,27,29)/t23-/m1/s1. The van der Waals surface area contributed by atoms with Gasteiger partial charge in [-0.1, -0.05) is 63.4 Å². The third-order valence-electron chi connectivity index (χ3n) is 5.83. The molecule has 2 N–H and O–H groups in total. The Kier molecular flexibility index (Phi) is 7.95. The van der Waals surface area contributed by atoms with Gasteiger partial charge in [0.1, 0.15) is 5.75 Å². The van der Waals surface area contributed by atoms with Crippen LogP contribution in [-0.2, 0) is 11.2 Å². The maximum atomic E-state index is 12.8. The van der Waals surface area contributed by atoms with E-state index in [0.717, 1.165) is 36.3 Å². The van der Waals surface area contributed by atoms with E-state index in [9.17, 15) is 4.79 Å². The summed E-state index contributed by atoms with van der Waals surface area (Å²) >= 11 is 0. The van der Waals surface area contributed by atoms with Crippen LogP contribution in [0.4, 0.5) is 0 Å². The molecule has 1 aromatic heterocycles. The molecule has 0 aliphatic carbocycles. The second-order valence-electron chi connectivity index (χ2n) is 7.88. The van der Waals surface area contributed by atoms with Crippen molar-refractivity contribution in [2.24, 2.45) is 0 Å². The van der Waals surface area contributed by atoms with Crippen LogP contribution in [0, 0.1) is 0 Å². The van der Waals surface area contributed by atoms with Gasteiger partial charge in [0, 0.05) is 36.0 Å². The van der Waals surface area contributed by atoms with Gasteiger partial charge < -0.3 is 15.0 Å². The van der Waals surface area contributed by atoms with Crippen LogP contribution in [0.2, 0.25) is 0 Å². The van der Waals surface area contributed by atoms with Gasteiger partial charge in [0.05, 0.1) is 7.11 Å². The van der Waals surface area contributed by atoms with Crippen molar-refractivity contribution >= 4 is 16.8 Å². The average Bonchev–Trinajstić information content (AvgIpc) is 3.21. The van der Waals surface area contributed by atoms with E-state index in [0.29, 0.717) is 6.42 Å². The summed E-state index contributed by atoms with van der Waals surface area (Å²) < 4.78 is 5.45. The highest BCUT2D eigenvalue weighted by atomic mass is 16.5. The quantitative estimate of drug-likeness (QED) is 0.386. The van der Waals surface area contributed by atoms with E-state index < -0.39 is 0 Å². The molecule has 1 heterocycles. The molecule has 2 aromatic carbocycles. The Balaban J connectivity index is 1.88. The fourth-order valence-electron chi connectivity index (χ4n) is 4.12. The first kappa shape index (κ1) is 21.9. The Hall–Kier alpha value is -2.75. The van der Waals surface area contributed by atoms with Gasteiger partial charge in [-0.3, -0.25) is 4.79 Å². The Labute approximate surface area is 180 Å². The smallest absolute Gasteiger partial charge is 0.220 e. The molecule has 0 fully saturated rings. The predicted octanol–water partition coefficient (Wildman–Crippen LogP) is 5.96. The van der Waals surface area contributed by atoms with Gasteiger partial charge in [0.25, 0.3) is 0 Å². The number of amides is 1. The lowest BCUT2D eigenvalue weighted by Crippen LogP contribution is -2.26. The van der Waals surface area contributed by atoms with Gasteiger partial charge in [-0.15, -0.1) is 0 Å². The highest BCUT2D eigenvalue weighted by Crippen LogP contribution is 2.35. The van der Waals surface area contributed by atoms with Crippen LogP contribution < -0.4 is 10.1 Å². The zero-order chi connectivity index (χ0) is 21.3. The molecule has 160 valence electrons. The number of aryl methyl sites for hydroxylation is 1. The van der Waals surface area contributed by atoms with Crippen molar-refractivity contribution in [1.82, 2.24) is 10.3 Å². The molecule has 0 saturated carbocycles. The zero-order valence-corrected chi connectivity index (χ0v) is 18.5. The van der Waals surface area contributed by atoms with Gasteiger partial charge in [-0.05, 0) is 41.7 Å². The number of benzene rings is 2. The van der Waals surface area contributed by atoms with E-state index in [4.69, 9.17) is 4.74 Å². The number of para-hydroxylation sites is 1. The molecule has 0 spiro atoms. The average molecular weight is 407 g/mol. The lowest BCUT2D eigenvalue weighted by Gasteiger charge is -2.18. The summed E-state index contributed by atoms with van der Waals surface area (Å²) in [5.74, 6) is 0.878. The monoisotopic (exact) mass is 406 g/mol. The number of carbonyl (C=O) groups excluding carboxylic acids is 1. The third-order valence-corrected chi connectivity index (χ3v) is 5.83. The van der Waals surface area contributed by atoms with Crippen LogP contribution in [0.3, 0.4) is 0 Å². The van der Waals surface area contributed by atoms with Gasteiger partial charge in [-0.25, -0.2) is 0 Å². The summed E-state index contributed by atoms with van der Waals surface area (Å²) in [4.78, 5) is 16.3. The van der Waals surface area contributed by atoms with Gasteiger partial charge >= 0.3 is 0 Å². The summed E-state index contributed by atoms with van der Waals surface area (Å²) in [6.45, 7) is 5.11. The predicted molar refractivity (Wildman–Crippen MR) is 124 cm³/mol. The number of methoxy groups -OCH3 is 1. The Morgan fingerprint density at radius 1 is 1.10 bits per heavy atom. The lowest BCUT2D eigenvalue weighted by molar-refractivity contribution is -0.121. The maximum absolute atomic E-state index is 12.8. The van der Waals surface area contributed by atoms with E-state index >= 15 is 0 Å². The van der Waals surface area contributed by atoms with Crippen molar-refractivity contribution in [1.29, 1.82) is 0 Å². The topological polar surface area (TPSA) is 54.1 Å². The van der Waals surface area contributed by atoms with E-state index in [1.54, 1.807) is 7.11 Å². The minimum Gasteiger partial charge on any atom is -0.497 e. The second kappa shape index (κ2) is 10.9. The number of ether oxygens (including phenoxy) is 1. The first-order chi connectivity index (χ1) is 14.7. The zero-order valence-electron chi connectivity index (χ0n) is 18.5. The van der Waals surface area contributed by atoms with Crippen LogP contribution >= 0.6 is 0 Å². The molecule has 0 aliphatic rings. The number of fused-ring (bicyclic) bond motifs is 1. The molecule has 0 radical (unpaired) electrons. The highest BCUT2D eigenvalue weighted by molar-refractivity contribution is 5.88. The fraction of sp³-hybridized carbons (Fsp3) is 0.423. The molecule has 1 amide bonds. The summed E-state index contributed by atoms with van der Waals surface area (Å²) in [6.07, 6.45) is 8.09. The molecule has 3 aromatic rings. The number of nitrogens with one attached hydrogen (secondary N) is 2. The Morgan fingerprint density at radius 2 is 1.93 bits per heavy atom. The summed E-state index contributed by atoms with van der Waals surface area (Å²) in [6, 6.07) is 14.5. The van der Waals surface area contributed by atoms with Gasteiger partial charge in [0.2, 0.25) is 5.91 Å². The van der Waals surface area contributed by atoms with Gasteiger partial charge in [-0.2, -0.15) is 0 Å². The summed E-state index contributed by atoms with van der Waals surface area (Å²) in [5, 5.41) is 4.32. The minimum atomic E-state index is -0.0309. The van der Waals surface area contributed by atoms with Crippen molar-refractivity contribution in [3.05, 3.63) is 65.4 Å². The Morgan fingerprint density at radius 3 is 2.70 bits per heavy atom. The van der Waals surface area contributed by atoms with Crippen LogP contribution in [0.25, 0.3) is 10.9 Å². The molecular formula is C26H34N2O2. The lowest BCUT2D eigenvalue weighted by atomic mass is 9.87. The molecule has 30 heavy (non-hydrogen) atoms. The first-order valence-electron chi connectivity index (χ1n) is 11.2. The number of carbonyl (C=O) groups is 1. The van der Waals surface area contributed by atoms with Crippen molar-refractivity contribution in [3.63, 3.8) is 0 Å². The number of rotatable bonds is 11. The van der Waals surface area contributed by atoms with E-state index in [1.807, 2.05) is 18.2 Å². The Bertz CT molecular complexity index is 961. The molecule has 3 rings (SSSR count).